The Morgan fingerprint density at radius 1 is 1.46 bits per heavy atom. The van der Waals surface area contributed by atoms with Crippen molar-refractivity contribution in [2.45, 2.75) is 25.8 Å². The highest BCUT2D eigenvalue weighted by Crippen LogP contribution is 2.01. The highest BCUT2D eigenvalue weighted by molar-refractivity contribution is 4.80. The molecule has 74 valence electrons. The number of aromatic nitrogens is 4. The van der Waals surface area contributed by atoms with Crippen LogP contribution in [0.3, 0.4) is 0 Å². The average Bonchev–Trinajstić information content (AvgIpc) is 2.48. The van der Waals surface area contributed by atoms with E-state index in [9.17, 15) is 8.78 Å². The Kier molecular flexibility index (Phi) is 3.69. The fourth-order valence-corrected chi connectivity index (χ4v) is 0.935. The normalized spacial score (nSPS) is 11.1. The molecule has 0 aliphatic carbocycles. The molecule has 0 fully saturated rings. The summed E-state index contributed by atoms with van der Waals surface area (Å²) in [4.78, 5) is 0. The number of hydrogen-bond acceptors (Lipinski definition) is 4. The molecule has 1 aromatic rings. The first-order valence-corrected chi connectivity index (χ1v) is 3.97. The van der Waals surface area contributed by atoms with Crippen LogP contribution < -0.4 is 5.73 Å². The summed E-state index contributed by atoms with van der Waals surface area (Å²) in [5.41, 5.74) is 5.27. The van der Waals surface area contributed by atoms with Crippen LogP contribution in [0.2, 0.25) is 0 Å². The van der Waals surface area contributed by atoms with E-state index in [1.165, 1.54) is 0 Å². The smallest absolute Gasteiger partial charge is 0.258 e. The van der Waals surface area contributed by atoms with E-state index in [4.69, 9.17) is 5.73 Å². The van der Waals surface area contributed by atoms with Gasteiger partial charge < -0.3 is 5.73 Å². The third-order valence-electron chi connectivity index (χ3n) is 1.52. The molecule has 1 heterocycles. The summed E-state index contributed by atoms with van der Waals surface area (Å²) in [6.07, 6.45) is -1.19. The molecule has 1 rings (SSSR count). The van der Waals surface area contributed by atoms with Gasteiger partial charge in [-0.3, -0.25) is 0 Å². The zero-order chi connectivity index (χ0) is 9.68. The lowest BCUT2D eigenvalue weighted by Crippen LogP contribution is -2.13. The molecule has 13 heavy (non-hydrogen) atoms. The van der Waals surface area contributed by atoms with E-state index in [1.54, 1.807) is 0 Å². The summed E-state index contributed by atoms with van der Waals surface area (Å²) in [5, 5.41) is 10.4. The summed E-state index contributed by atoms with van der Waals surface area (Å²) in [7, 11) is 0. The molecule has 0 saturated carbocycles. The molecule has 0 atom stereocenters. The first kappa shape index (κ1) is 9.97. The molecule has 0 radical (unpaired) electrons. The van der Waals surface area contributed by atoms with Crippen LogP contribution in [0.1, 0.15) is 12.2 Å². The molecule has 0 unspecified atom stereocenters. The topological polar surface area (TPSA) is 69.6 Å². The van der Waals surface area contributed by atoms with Gasteiger partial charge in [0, 0.05) is 6.42 Å². The van der Waals surface area contributed by atoms with E-state index in [2.05, 4.69) is 15.5 Å². The Hall–Kier alpha value is -1.11. The number of halogens is 2. The Morgan fingerprint density at radius 3 is 2.85 bits per heavy atom. The van der Waals surface area contributed by atoms with Crippen molar-refractivity contribution in [3.8, 4) is 0 Å². The average molecular weight is 191 g/mol. The molecule has 0 aromatic carbocycles. The van der Waals surface area contributed by atoms with Gasteiger partial charge in [0.1, 0.15) is 6.54 Å². The first-order chi connectivity index (χ1) is 6.24. The van der Waals surface area contributed by atoms with Crippen LogP contribution in [0.5, 0.6) is 0 Å². The molecular weight excluding hydrogens is 180 g/mol. The quantitative estimate of drug-likeness (QED) is 0.701. The van der Waals surface area contributed by atoms with Gasteiger partial charge >= 0.3 is 0 Å². The molecule has 0 saturated heterocycles. The molecule has 0 spiro atoms. The molecular formula is C6H11F2N5. The minimum atomic E-state index is -2.43. The van der Waals surface area contributed by atoms with Gasteiger partial charge in [0.05, 0.1) is 0 Å². The fraction of sp³-hybridized carbons (Fsp3) is 0.833. The number of hydrogen-bond donors (Lipinski definition) is 1. The second-order valence-corrected chi connectivity index (χ2v) is 2.56. The van der Waals surface area contributed by atoms with Gasteiger partial charge in [-0.05, 0) is 23.4 Å². The summed E-state index contributed by atoms with van der Waals surface area (Å²) in [6, 6.07) is 0. The van der Waals surface area contributed by atoms with Gasteiger partial charge in [0.2, 0.25) is 0 Å². The van der Waals surface area contributed by atoms with Crippen molar-refractivity contribution in [1.82, 2.24) is 20.2 Å². The lowest BCUT2D eigenvalue weighted by molar-refractivity contribution is 0.119. The minimum Gasteiger partial charge on any atom is -0.330 e. The first-order valence-electron chi connectivity index (χ1n) is 3.97. The van der Waals surface area contributed by atoms with Crippen molar-refractivity contribution >= 4 is 0 Å². The van der Waals surface area contributed by atoms with Crippen molar-refractivity contribution in [2.24, 2.45) is 5.73 Å². The zero-order valence-electron chi connectivity index (χ0n) is 7.03. The van der Waals surface area contributed by atoms with Crippen LogP contribution in [0.25, 0.3) is 0 Å². The highest BCUT2D eigenvalue weighted by Gasteiger charge is 2.10. The largest absolute Gasteiger partial charge is 0.330 e. The van der Waals surface area contributed by atoms with Crippen LogP contribution in [-0.4, -0.2) is 33.2 Å². The fourth-order valence-electron chi connectivity index (χ4n) is 0.935. The van der Waals surface area contributed by atoms with Crippen LogP contribution in [-0.2, 0) is 13.0 Å². The van der Waals surface area contributed by atoms with Crippen LogP contribution in [0.4, 0.5) is 8.78 Å². The monoisotopic (exact) mass is 191 g/mol. The van der Waals surface area contributed by atoms with Gasteiger partial charge in [-0.25, -0.2) is 13.5 Å². The van der Waals surface area contributed by atoms with E-state index < -0.39 is 13.0 Å². The van der Waals surface area contributed by atoms with E-state index in [0.29, 0.717) is 25.2 Å². The van der Waals surface area contributed by atoms with Crippen LogP contribution in [0, 0.1) is 0 Å². The maximum Gasteiger partial charge on any atom is 0.258 e. The minimum absolute atomic E-state index is 0.451. The highest BCUT2D eigenvalue weighted by atomic mass is 19.3. The SMILES string of the molecule is NCCCc1nnnn1CC(F)F. The Labute approximate surface area is 73.9 Å². The van der Waals surface area contributed by atoms with Gasteiger partial charge in [-0.2, -0.15) is 0 Å². The van der Waals surface area contributed by atoms with Crippen molar-refractivity contribution in [3.05, 3.63) is 5.82 Å². The molecule has 5 nitrogen and oxygen atoms in total. The maximum atomic E-state index is 12.0. The van der Waals surface area contributed by atoms with Gasteiger partial charge in [-0.15, -0.1) is 5.10 Å². The third-order valence-corrected chi connectivity index (χ3v) is 1.52. The number of nitrogens with two attached hydrogens (primary N) is 1. The molecule has 1 aromatic heterocycles. The molecule has 0 amide bonds. The van der Waals surface area contributed by atoms with Gasteiger partial charge in [-0.1, -0.05) is 0 Å². The Morgan fingerprint density at radius 2 is 2.23 bits per heavy atom. The lowest BCUT2D eigenvalue weighted by atomic mass is 10.3. The number of alkyl halides is 2. The number of aryl methyl sites for hydroxylation is 1. The standard InChI is InChI=1S/C6H11F2N5/c7-5(8)4-13-6(2-1-3-9)10-11-12-13/h5H,1-4,9H2. The Balaban J connectivity index is 2.55. The number of tetrazole rings is 1. The maximum absolute atomic E-state index is 12.0. The summed E-state index contributed by atoms with van der Waals surface area (Å²) >= 11 is 0. The predicted molar refractivity (Wildman–Crippen MR) is 41.2 cm³/mol. The number of nitrogens with zero attached hydrogens (tertiary/aromatic N) is 4. The molecule has 0 bridgehead atoms. The van der Waals surface area contributed by atoms with Crippen LogP contribution >= 0.6 is 0 Å². The van der Waals surface area contributed by atoms with E-state index in [-0.39, 0.29) is 0 Å². The zero-order valence-corrected chi connectivity index (χ0v) is 7.03. The molecule has 0 aliphatic rings. The molecule has 0 aliphatic heterocycles. The lowest BCUT2D eigenvalue weighted by Gasteiger charge is -2.01. The predicted octanol–water partition coefficient (Wildman–Crippen LogP) is -0.171. The van der Waals surface area contributed by atoms with Gasteiger partial charge in [0.25, 0.3) is 6.43 Å². The summed E-state index contributed by atoms with van der Waals surface area (Å²) in [6.45, 7) is 0.0500. The van der Waals surface area contributed by atoms with Crippen LogP contribution in [0.15, 0.2) is 0 Å². The molecule has 7 heteroatoms. The van der Waals surface area contributed by atoms with Crippen molar-refractivity contribution in [2.75, 3.05) is 6.54 Å². The molecule has 2 N–H and O–H groups in total. The third kappa shape index (κ3) is 3.02. The summed E-state index contributed by atoms with van der Waals surface area (Å²) in [5.74, 6) is 0.464. The second kappa shape index (κ2) is 4.80. The Bertz CT molecular complexity index is 249. The second-order valence-electron chi connectivity index (χ2n) is 2.56. The van der Waals surface area contributed by atoms with Gasteiger partial charge in [0.15, 0.2) is 5.82 Å². The van der Waals surface area contributed by atoms with E-state index in [0.717, 1.165) is 4.68 Å². The van der Waals surface area contributed by atoms with E-state index in [1.807, 2.05) is 0 Å². The number of rotatable bonds is 5. The summed E-state index contributed by atoms with van der Waals surface area (Å²) < 4.78 is 25.0. The van der Waals surface area contributed by atoms with Crippen molar-refractivity contribution in [1.29, 1.82) is 0 Å². The van der Waals surface area contributed by atoms with Crippen molar-refractivity contribution < 1.29 is 8.78 Å². The van der Waals surface area contributed by atoms with Crippen molar-refractivity contribution in [3.63, 3.8) is 0 Å². The van der Waals surface area contributed by atoms with E-state index >= 15 is 0 Å².